The number of aromatic nitrogens is 2. The maximum atomic E-state index is 13.5. The van der Waals surface area contributed by atoms with E-state index in [0.29, 0.717) is 30.3 Å². The summed E-state index contributed by atoms with van der Waals surface area (Å²) >= 11 is 0. The fourth-order valence-corrected chi connectivity index (χ4v) is 5.42. The van der Waals surface area contributed by atoms with Crippen LogP contribution in [0.4, 0.5) is 4.39 Å². The minimum atomic E-state index is -0.721. The second kappa shape index (κ2) is 9.93. The van der Waals surface area contributed by atoms with E-state index in [1.54, 1.807) is 19.2 Å². The lowest BCUT2D eigenvalue weighted by molar-refractivity contribution is 0.0867. The standard InChI is InChI=1S/C29H31FN4O2/c1-18-4-12-25-22(14-18)6-7-23-15-20(17-32-35-3)5-13-26(23)29(25,16-19(2)31)28-34-33-27(36-28)21-8-10-24(30)11-9-21/h4-5,8-15,19,32H,6-7,16-17,31H2,1-3H3. The lowest BCUT2D eigenvalue weighted by Gasteiger charge is -2.35. The zero-order valence-corrected chi connectivity index (χ0v) is 20.8. The van der Waals surface area contributed by atoms with Gasteiger partial charge in [-0.15, -0.1) is 10.2 Å². The zero-order valence-electron chi connectivity index (χ0n) is 20.8. The molecule has 0 bridgehead atoms. The summed E-state index contributed by atoms with van der Waals surface area (Å²) in [5.74, 6) is 0.539. The van der Waals surface area contributed by atoms with Crippen LogP contribution < -0.4 is 11.2 Å². The minimum absolute atomic E-state index is 0.138. The van der Waals surface area contributed by atoms with Crippen molar-refractivity contribution in [1.82, 2.24) is 15.7 Å². The molecule has 4 aromatic rings. The van der Waals surface area contributed by atoms with Gasteiger partial charge in [0.15, 0.2) is 0 Å². The van der Waals surface area contributed by atoms with Crippen molar-refractivity contribution in [3.05, 3.63) is 106 Å². The molecule has 2 atom stereocenters. The Balaban J connectivity index is 1.75. The molecule has 0 spiro atoms. The number of hydrogen-bond acceptors (Lipinski definition) is 6. The third kappa shape index (κ3) is 4.46. The van der Waals surface area contributed by atoms with Gasteiger partial charge in [0.25, 0.3) is 0 Å². The third-order valence-electron chi connectivity index (χ3n) is 6.94. The van der Waals surface area contributed by atoms with Crippen LogP contribution in [0.5, 0.6) is 0 Å². The van der Waals surface area contributed by atoms with Crippen LogP contribution in [-0.2, 0) is 29.6 Å². The monoisotopic (exact) mass is 486 g/mol. The van der Waals surface area contributed by atoms with E-state index in [1.165, 1.54) is 28.8 Å². The van der Waals surface area contributed by atoms with Crippen LogP contribution in [0, 0.1) is 12.7 Å². The van der Waals surface area contributed by atoms with Gasteiger partial charge in [-0.05, 0) is 85.2 Å². The molecule has 7 heteroatoms. The summed E-state index contributed by atoms with van der Waals surface area (Å²) in [5, 5.41) is 8.99. The van der Waals surface area contributed by atoms with Crippen molar-refractivity contribution in [2.45, 2.75) is 51.1 Å². The van der Waals surface area contributed by atoms with Crippen LogP contribution in [0.15, 0.2) is 65.1 Å². The highest BCUT2D eigenvalue weighted by Crippen LogP contribution is 2.48. The minimum Gasteiger partial charge on any atom is -0.419 e. The molecule has 6 nitrogen and oxygen atoms in total. The Morgan fingerprint density at radius 1 is 1.03 bits per heavy atom. The van der Waals surface area contributed by atoms with Gasteiger partial charge in [0.05, 0.1) is 7.11 Å². The predicted molar refractivity (Wildman–Crippen MR) is 137 cm³/mol. The van der Waals surface area contributed by atoms with Crippen molar-refractivity contribution in [3.63, 3.8) is 0 Å². The van der Waals surface area contributed by atoms with E-state index in [9.17, 15) is 4.39 Å². The van der Waals surface area contributed by atoms with Crippen molar-refractivity contribution >= 4 is 0 Å². The highest BCUT2D eigenvalue weighted by atomic mass is 19.1. The zero-order chi connectivity index (χ0) is 25.3. The summed E-state index contributed by atoms with van der Waals surface area (Å²) in [6.07, 6.45) is 2.37. The molecule has 1 aliphatic carbocycles. The van der Waals surface area contributed by atoms with Gasteiger partial charge in [-0.3, -0.25) is 0 Å². The van der Waals surface area contributed by atoms with Crippen LogP contribution in [0.25, 0.3) is 11.5 Å². The summed E-state index contributed by atoms with van der Waals surface area (Å²) in [7, 11) is 1.62. The van der Waals surface area contributed by atoms with Gasteiger partial charge in [-0.2, -0.15) is 5.48 Å². The van der Waals surface area contributed by atoms with E-state index in [0.717, 1.165) is 29.5 Å². The molecule has 1 aliphatic rings. The molecule has 1 aromatic heterocycles. The summed E-state index contributed by atoms with van der Waals surface area (Å²) in [5.41, 5.74) is 16.5. The average molecular weight is 487 g/mol. The van der Waals surface area contributed by atoms with Crippen molar-refractivity contribution < 1.29 is 13.6 Å². The van der Waals surface area contributed by atoms with E-state index < -0.39 is 5.41 Å². The van der Waals surface area contributed by atoms with Crippen molar-refractivity contribution in [2.75, 3.05) is 7.11 Å². The summed E-state index contributed by atoms with van der Waals surface area (Å²) in [6.45, 7) is 4.72. The molecule has 2 unspecified atom stereocenters. The Hall–Kier alpha value is -3.39. The number of hydroxylamine groups is 1. The number of rotatable bonds is 7. The van der Waals surface area contributed by atoms with Crippen molar-refractivity contribution in [1.29, 1.82) is 0 Å². The Morgan fingerprint density at radius 3 is 2.42 bits per heavy atom. The van der Waals surface area contributed by atoms with E-state index >= 15 is 0 Å². The van der Waals surface area contributed by atoms with E-state index in [4.69, 9.17) is 15.0 Å². The number of aryl methyl sites for hydroxylation is 3. The van der Waals surface area contributed by atoms with Crippen LogP contribution in [0.1, 0.15) is 52.6 Å². The normalized spacial score (nSPS) is 17.8. The molecule has 1 heterocycles. The van der Waals surface area contributed by atoms with Gasteiger partial charge < -0.3 is 15.0 Å². The second-order valence-electron chi connectivity index (χ2n) is 9.68. The Labute approximate surface area is 210 Å². The fraction of sp³-hybridized carbons (Fsp3) is 0.310. The third-order valence-corrected chi connectivity index (χ3v) is 6.94. The van der Waals surface area contributed by atoms with E-state index in [-0.39, 0.29) is 11.9 Å². The molecule has 0 amide bonds. The largest absolute Gasteiger partial charge is 0.419 e. The van der Waals surface area contributed by atoms with Crippen LogP contribution in [0.2, 0.25) is 0 Å². The lowest BCUT2D eigenvalue weighted by atomic mass is 9.68. The van der Waals surface area contributed by atoms with Gasteiger partial charge in [-0.25, -0.2) is 4.39 Å². The molecule has 0 fully saturated rings. The van der Waals surface area contributed by atoms with E-state index in [1.807, 2.05) is 6.92 Å². The van der Waals surface area contributed by atoms with Crippen molar-refractivity contribution in [2.24, 2.45) is 5.73 Å². The number of nitrogens with two attached hydrogens (primary N) is 1. The molecule has 3 N–H and O–H groups in total. The van der Waals surface area contributed by atoms with Gasteiger partial charge >= 0.3 is 0 Å². The molecule has 3 aromatic carbocycles. The first-order valence-electron chi connectivity index (χ1n) is 12.2. The Bertz CT molecular complexity index is 1370. The predicted octanol–water partition coefficient (Wildman–Crippen LogP) is 5.01. The number of nitrogens with one attached hydrogen (secondary N) is 1. The topological polar surface area (TPSA) is 86.2 Å². The molecule has 0 aliphatic heterocycles. The van der Waals surface area contributed by atoms with Crippen LogP contribution in [0.3, 0.4) is 0 Å². The summed E-state index contributed by atoms with van der Waals surface area (Å²) < 4.78 is 19.9. The number of halogens is 1. The molecule has 5 rings (SSSR count). The fourth-order valence-electron chi connectivity index (χ4n) is 5.42. The first kappa shape index (κ1) is 24.3. The molecule has 0 radical (unpaired) electrons. The maximum absolute atomic E-state index is 13.5. The molecule has 0 saturated carbocycles. The molecule has 36 heavy (non-hydrogen) atoms. The molecular formula is C29H31FN4O2. The Kier molecular flexibility index (Phi) is 6.71. The van der Waals surface area contributed by atoms with Crippen LogP contribution in [-0.4, -0.2) is 23.3 Å². The molecular weight excluding hydrogens is 455 g/mol. The SMILES string of the molecule is CONCc1ccc2c(c1)CCc1cc(C)ccc1C2(CC(C)N)c1nnc(-c2ccc(F)cc2)o1. The quantitative estimate of drug-likeness (QED) is 0.357. The Morgan fingerprint density at radius 2 is 1.72 bits per heavy atom. The summed E-state index contributed by atoms with van der Waals surface area (Å²) in [4.78, 5) is 5.07. The smallest absolute Gasteiger partial charge is 0.247 e. The number of benzene rings is 3. The maximum Gasteiger partial charge on any atom is 0.247 e. The highest BCUT2D eigenvalue weighted by molar-refractivity contribution is 5.57. The first-order chi connectivity index (χ1) is 17.4. The number of hydrogen-bond donors (Lipinski definition) is 2. The second-order valence-corrected chi connectivity index (χ2v) is 9.68. The van der Waals surface area contributed by atoms with Gasteiger partial charge in [0.1, 0.15) is 11.2 Å². The van der Waals surface area contributed by atoms with Crippen molar-refractivity contribution in [3.8, 4) is 11.5 Å². The summed E-state index contributed by atoms with van der Waals surface area (Å²) in [6, 6.07) is 19.0. The molecule has 0 saturated heterocycles. The molecule has 186 valence electrons. The van der Waals surface area contributed by atoms with Gasteiger partial charge in [0.2, 0.25) is 11.8 Å². The highest BCUT2D eigenvalue weighted by Gasteiger charge is 2.46. The first-order valence-corrected chi connectivity index (χ1v) is 12.2. The number of nitrogens with zero attached hydrogens (tertiary/aromatic N) is 2. The lowest BCUT2D eigenvalue weighted by Crippen LogP contribution is -2.37. The van der Waals surface area contributed by atoms with Gasteiger partial charge in [-0.1, -0.05) is 42.0 Å². The van der Waals surface area contributed by atoms with E-state index in [2.05, 4.69) is 59.0 Å². The van der Waals surface area contributed by atoms with Gasteiger partial charge in [0, 0.05) is 18.2 Å². The van der Waals surface area contributed by atoms with Crippen LogP contribution >= 0.6 is 0 Å². The average Bonchev–Trinajstić information content (AvgIpc) is 3.32. The number of fused-ring (bicyclic) bond motifs is 2.